The number of aromatic nitrogens is 3. The van der Waals surface area contributed by atoms with Gasteiger partial charge >= 0.3 is 0 Å². The van der Waals surface area contributed by atoms with Gasteiger partial charge in [-0.1, -0.05) is 12.1 Å². The molecule has 3 aliphatic heterocycles. The fourth-order valence-electron chi connectivity index (χ4n) is 5.29. The van der Waals surface area contributed by atoms with E-state index in [1.165, 1.54) is 0 Å². The van der Waals surface area contributed by atoms with Crippen molar-refractivity contribution in [2.24, 2.45) is 0 Å². The molecule has 7 rings (SSSR count). The average Bonchev–Trinajstić information content (AvgIpc) is 3.48. The van der Waals surface area contributed by atoms with Crippen LogP contribution in [-0.2, 0) is 16.6 Å². The smallest absolute Gasteiger partial charge is 0.262 e. The molecule has 1 saturated carbocycles. The van der Waals surface area contributed by atoms with Gasteiger partial charge in [0.05, 0.1) is 36.3 Å². The van der Waals surface area contributed by atoms with E-state index in [1.807, 2.05) is 42.6 Å². The monoisotopic (exact) mass is 434 g/mol. The van der Waals surface area contributed by atoms with E-state index in [2.05, 4.69) is 17.2 Å². The summed E-state index contributed by atoms with van der Waals surface area (Å²) >= 11 is 0. The number of benzene rings is 1. The van der Waals surface area contributed by atoms with E-state index in [0.717, 1.165) is 36.3 Å². The zero-order valence-corrected chi connectivity index (χ0v) is 18.5. The van der Waals surface area contributed by atoms with Crippen LogP contribution in [0.2, 0.25) is 0 Å². The molecule has 166 valence electrons. The van der Waals surface area contributed by atoms with Crippen molar-refractivity contribution in [1.82, 2.24) is 14.4 Å². The van der Waals surface area contributed by atoms with E-state index in [4.69, 9.17) is 19.2 Å². The first-order valence-electron chi connectivity index (χ1n) is 11.1. The highest BCUT2D eigenvalue weighted by Crippen LogP contribution is 2.58. The van der Waals surface area contributed by atoms with E-state index < -0.39 is 0 Å². The van der Waals surface area contributed by atoms with E-state index in [-0.39, 0.29) is 28.9 Å². The van der Waals surface area contributed by atoms with E-state index in [0.29, 0.717) is 30.2 Å². The number of hydrogen-bond acceptors (Lipinski definition) is 6. The van der Waals surface area contributed by atoms with Gasteiger partial charge in [0, 0.05) is 24.2 Å². The van der Waals surface area contributed by atoms with Crippen molar-refractivity contribution in [2.75, 3.05) is 18.5 Å². The van der Waals surface area contributed by atoms with Crippen LogP contribution < -0.4 is 14.8 Å². The molecule has 4 aliphatic rings. The Bertz CT molecular complexity index is 1240. The second-order valence-electron chi connectivity index (χ2n) is 9.68. The molecule has 0 radical (unpaired) electrons. The Morgan fingerprint density at radius 3 is 2.84 bits per heavy atom. The lowest BCUT2D eigenvalue weighted by molar-refractivity contribution is 0.0154. The first kappa shape index (κ1) is 19.5. The van der Waals surface area contributed by atoms with Gasteiger partial charge in [0.2, 0.25) is 11.7 Å². The molecule has 8 nitrogen and oxygen atoms in total. The van der Waals surface area contributed by atoms with Gasteiger partial charge in [-0.15, -0.1) is 0 Å². The number of ether oxygens (including phenoxy) is 3. The quantitative estimate of drug-likeness (QED) is 0.661. The summed E-state index contributed by atoms with van der Waals surface area (Å²) in [6.07, 6.45) is 6.36. The molecular formula is C24H26N4O4. The summed E-state index contributed by atoms with van der Waals surface area (Å²) in [6.45, 7) is 7.27. The molecule has 5 heterocycles. The average molecular weight is 434 g/mol. The molecule has 0 unspecified atom stereocenters. The van der Waals surface area contributed by atoms with Gasteiger partial charge in [0.15, 0.2) is 0 Å². The zero-order valence-electron chi connectivity index (χ0n) is 18.5. The van der Waals surface area contributed by atoms with Crippen LogP contribution in [0.5, 0.6) is 11.6 Å². The Balaban J connectivity index is 1.37. The molecule has 1 amide bonds. The SMILES string of the molecule is CC(C)Oc1nc2nc(C34COC(C)(C3)C4)cn2cc1C(=O)Nc1cccc2c1OCC2. The Hall–Kier alpha value is -3.13. The number of nitrogens with zero attached hydrogens (tertiary/aromatic N) is 3. The first-order valence-corrected chi connectivity index (χ1v) is 11.1. The maximum absolute atomic E-state index is 13.3. The van der Waals surface area contributed by atoms with Crippen molar-refractivity contribution in [3.05, 3.63) is 47.4 Å². The van der Waals surface area contributed by atoms with Crippen molar-refractivity contribution in [3.63, 3.8) is 0 Å². The van der Waals surface area contributed by atoms with Gasteiger partial charge in [0.1, 0.15) is 11.3 Å². The summed E-state index contributed by atoms with van der Waals surface area (Å²) in [5.74, 6) is 1.23. The summed E-state index contributed by atoms with van der Waals surface area (Å²) in [6, 6.07) is 5.79. The molecule has 1 aliphatic carbocycles. The third kappa shape index (κ3) is 2.97. The van der Waals surface area contributed by atoms with Gasteiger partial charge in [-0.3, -0.25) is 9.20 Å². The Morgan fingerprint density at radius 1 is 1.25 bits per heavy atom. The van der Waals surface area contributed by atoms with Crippen molar-refractivity contribution in [2.45, 2.75) is 57.2 Å². The second kappa shape index (κ2) is 6.68. The number of fused-ring (bicyclic) bond motifs is 3. The van der Waals surface area contributed by atoms with Crippen LogP contribution in [0.4, 0.5) is 5.69 Å². The van der Waals surface area contributed by atoms with Crippen LogP contribution in [-0.4, -0.2) is 45.2 Å². The molecule has 0 atom stereocenters. The lowest BCUT2D eigenvalue weighted by Gasteiger charge is -2.41. The van der Waals surface area contributed by atoms with Gasteiger partial charge in [0.25, 0.3) is 5.91 Å². The molecular weight excluding hydrogens is 408 g/mol. The number of imidazole rings is 1. The number of carbonyl (C=O) groups is 1. The molecule has 2 bridgehead atoms. The van der Waals surface area contributed by atoms with E-state index >= 15 is 0 Å². The van der Waals surface area contributed by atoms with Crippen molar-refractivity contribution >= 4 is 17.4 Å². The fourth-order valence-corrected chi connectivity index (χ4v) is 5.29. The molecule has 0 spiro atoms. The minimum atomic E-state index is -0.298. The Morgan fingerprint density at radius 2 is 2.09 bits per heavy atom. The predicted molar refractivity (Wildman–Crippen MR) is 118 cm³/mol. The number of hydrogen-bond donors (Lipinski definition) is 1. The van der Waals surface area contributed by atoms with Crippen molar-refractivity contribution in [3.8, 4) is 11.6 Å². The number of amides is 1. The number of nitrogens with one attached hydrogen (secondary N) is 1. The Labute approximate surface area is 185 Å². The highest BCUT2D eigenvalue weighted by atomic mass is 16.5. The predicted octanol–water partition coefficient (Wildman–Crippen LogP) is 3.52. The molecule has 1 N–H and O–H groups in total. The van der Waals surface area contributed by atoms with Crippen LogP contribution in [0.15, 0.2) is 30.6 Å². The van der Waals surface area contributed by atoms with Gasteiger partial charge in [-0.25, -0.2) is 4.98 Å². The second-order valence-corrected chi connectivity index (χ2v) is 9.68. The van der Waals surface area contributed by atoms with E-state index in [1.54, 1.807) is 6.20 Å². The van der Waals surface area contributed by atoms with Crippen LogP contribution in [0, 0.1) is 0 Å². The molecule has 32 heavy (non-hydrogen) atoms. The normalized spacial score (nSPS) is 25.5. The summed E-state index contributed by atoms with van der Waals surface area (Å²) in [7, 11) is 0. The highest BCUT2D eigenvalue weighted by molar-refractivity contribution is 6.06. The van der Waals surface area contributed by atoms with Crippen molar-refractivity contribution in [1.29, 1.82) is 0 Å². The lowest BCUT2D eigenvalue weighted by Crippen LogP contribution is -2.45. The molecule has 1 aromatic carbocycles. The molecule has 8 heteroatoms. The van der Waals surface area contributed by atoms with Crippen LogP contribution in [0.3, 0.4) is 0 Å². The third-order valence-corrected chi connectivity index (χ3v) is 6.63. The van der Waals surface area contributed by atoms with Crippen molar-refractivity contribution < 1.29 is 19.0 Å². The maximum atomic E-state index is 13.3. The minimum Gasteiger partial charge on any atom is -0.491 e. The number of anilines is 1. The fraction of sp³-hybridized carbons (Fsp3) is 0.458. The van der Waals surface area contributed by atoms with E-state index in [9.17, 15) is 4.79 Å². The minimum absolute atomic E-state index is 0.0296. The van der Waals surface area contributed by atoms with Crippen LogP contribution in [0.25, 0.3) is 5.78 Å². The zero-order chi connectivity index (χ0) is 22.1. The van der Waals surface area contributed by atoms with Gasteiger partial charge < -0.3 is 19.5 Å². The molecule has 2 aromatic heterocycles. The third-order valence-electron chi connectivity index (χ3n) is 6.63. The summed E-state index contributed by atoms with van der Waals surface area (Å²) in [5.41, 5.74) is 2.98. The summed E-state index contributed by atoms with van der Waals surface area (Å²) in [4.78, 5) is 22.7. The number of rotatable bonds is 5. The topological polar surface area (TPSA) is 87.0 Å². The maximum Gasteiger partial charge on any atom is 0.262 e. The summed E-state index contributed by atoms with van der Waals surface area (Å²) < 4.78 is 19.4. The van der Waals surface area contributed by atoms with Gasteiger partial charge in [-0.05, 0) is 45.2 Å². The molecule has 3 aromatic rings. The van der Waals surface area contributed by atoms with Gasteiger partial charge in [-0.2, -0.15) is 4.98 Å². The molecule has 3 fully saturated rings. The number of para-hydroxylation sites is 1. The molecule has 2 saturated heterocycles. The first-order chi connectivity index (χ1) is 15.3. The summed E-state index contributed by atoms with van der Waals surface area (Å²) in [5, 5.41) is 2.98. The van der Waals surface area contributed by atoms with Crippen LogP contribution >= 0.6 is 0 Å². The standard InChI is InChI=1S/C24H26N4O4/c1-14(2)32-21-16(20(29)25-17-6-4-5-15-7-8-30-19(15)17)9-28-10-18(26-22(28)27-21)24-11-23(3,12-24)31-13-24/h4-6,9-10,14H,7-8,11-13H2,1-3H3,(H,25,29). The van der Waals surface area contributed by atoms with Crippen LogP contribution in [0.1, 0.15) is 55.2 Å². The lowest BCUT2D eigenvalue weighted by atomic mass is 9.62. The highest BCUT2D eigenvalue weighted by Gasteiger charge is 2.61. The number of carbonyl (C=O) groups excluding carboxylic acids is 1. The largest absolute Gasteiger partial charge is 0.491 e. The Kier molecular flexibility index (Phi) is 4.08.